The van der Waals surface area contributed by atoms with Crippen molar-refractivity contribution in [2.24, 2.45) is 0 Å². The monoisotopic (exact) mass is 391 g/mol. The molecule has 1 amide bonds. The molecule has 148 valence electrons. The molecule has 2 aliphatic heterocycles. The zero-order valence-electron chi connectivity index (χ0n) is 15.8. The molecule has 0 radical (unpaired) electrons. The molecule has 1 aromatic carbocycles. The minimum Gasteiger partial charge on any atom is -0.339 e. The first-order chi connectivity index (χ1) is 13.0. The second-order valence-electron chi connectivity index (χ2n) is 7.23. The third-order valence-electron chi connectivity index (χ3n) is 5.24. The Labute approximate surface area is 162 Å². The van der Waals surface area contributed by atoms with Crippen LogP contribution in [-0.4, -0.2) is 74.2 Å². The van der Waals surface area contributed by atoms with E-state index in [0.717, 1.165) is 31.5 Å². The maximum absolute atomic E-state index is 12.5. The molecule has 1 aromatic rings. The van der Waals surface area contributed by atoms with Gasteiger partial charge in [-0.3, -0.25) is 9.69 Å². The number of sulfonamides is 1. The number of hydrogen-bond acceptors (Lipinski definition) is 4. The van der Waals surface area contributed by atoms with E-state index < -0.39 is 10.0 Å². The fraction of sp³-hybridized carbons (Fsp3) is 0.550. The van der Waals surface area contributed by atoms with Crippen molar-refractivity contribution in [1.82, 2.24) is 14.1 Å². The molecule has 2 saturated heterocycles. The summed E-state index contributed by atoms with van der Waals surface area (Å²) < 4.78 is 26.5. The van der Waals surface area contributed by atoms with Crippen LogP contribution < -0.4 is 0 Å². The van der Waals surface area contributed by atoms with Crippen molar-refractivity contribution in [3.05, 3.63) is 41.3 Å². The number of piperazine rings is 1. The van der Waals surface area contributed by atoms with Gasteiger partial charge in [0, 0.05) is 31.6 Å². The number of rotatable bonds is 5. The van der Waals surface area contributed by atoms with E-state index in [2.05, 4.69) is 4.90 Å². The molecular weight excluding hydrogens is 362 g/mol. The molecule has 0 spiro atoms. The summed E-state index contributed by atoms with van der Waals surface area (Å²) in [6, 6.07) is 9.38. The molecule has 2 fully saturated rings. The van der Waals surface area contributed by atoms with Gasteiger partial charge in [0.25, 0.3) is 0 Å². The molecule has 0 aliphatic carbocycles. The second-order valence-corrected chi connectivity index (χ2v) is 9.05. The van der Waals surface area contributed by atoms with Gasteiger partial charge in [-0.2, -0.15) is 4.31 Å². The highest BCUT2D eigenvalue weighted by molar-refractivity contribution is 7.92. The van der Waals surface area contributed by atoms with E-state index in [1.54, 1.807) is 11.0 Å². The second kappa shape index (κ2) is 9.48. The summed E-state index contributed by atoms with van der Waals surface area (Å²) in [7, 11) is -3.46. The Balaban J connectivity index is 1.50. The van der Waals surface area contributed by atoms with Crippen molar-refractivity contribution >= 4 is 22.0 Å². The summed E-state index contributed by atoms with van der Waals surface area (Å²) in [5.74, 6) is 0.119. The van der Waals surface area contributed by atoms with E-state index in [4.69, 9.17) is 0 Å². The van der Waals surface area contributed by atoms with Gasteiger partial charge < -0.3 is 4.90 Å². The minimum absolute atomic E-state index is 0.119. The summed E-state index contributed by atoms with van der Waals surface area (Å²) in [4.78, 5) is 16.6. The zero-order valence-corrected chi connectivity index (χ0v) is 16.6. The van der Waals surface area contributed by atoms with Crippen LogP contribution in [0.1, 0.15) is 31.2 Å². The maximum atomic E-state index is 12.5. The molecule has 27 heavy (non-hydrogen) atoms. The van der Waals surface area contributed by atoms with Crippen molar-refractivity contribution in [2.45, 2.75) is 25.7 Å². The van der Waals surface area contributed by atoms with Crippen molar-refractivity contribution in [1.29, 1.82) is 0 Å². The Bertz CT molecular complexity index is 733. The standard InChI is InChI=1S/C20H29N3O3S/c24-20(18-21-11-6-1-2-7-12-21)22-13-15-23(16-14-22)27(25,26)17-10-19-8-4-3-5-9-19/h3-5,8-10,17H,1-2,6-7,11-16,18H2. The van der Waals surface area contributed by atoms with Crippen LogP contribution in [0.15, 0.2) is 35.7 Å². The molecule has 6 nitrogen and oxygen atoms in total. The number of likely N-dealkylation sites (tertiary alicyclic amines) is 1. The van der Waals surface area contributed by atoms with E-state index >= 15 is 0 Å². The predicted molar refractivity (Wildman–Crippen MR) is 107 cm³/mol. The first-order valence-corrected chi connectivity index (χ1v) is 11.3. The smallest absolute Gasteiger partial charge is 0.236 e. The van der Waals surface area contributed by atoms with Gasteiger partial charge in [-0.15, -0.1) is 0 Å². The SMILES string of the molecule is O=C(CN1CCCCCC1)N1CCN(S(=O)(=O)C=Cc2ccccc2)CC1. The highest BCUT2D eigenvalue weighted by Crippen LogP contribution is 2.13. The van der Waals surface area contributed by atoms with Gasteiger partial charge in [0.2, 0.25) is 15.9 Å². The highest BCUT2D eigenvalue weighted by Gasteiger charge is 2.28. The van der Waals surface area contributed by atoms with Crippen molar-refractivity contribution in [3.63, 3.8) is 0 Å². The van der Waals surface area contributed by atoms with Gasteiger partial charge in [-0.05, 0) is 37.6 Å². The Hall–Kier alpha value is -1.70. The molecule has 0 saturated carbocycles. The third-order valence-corrected chi connectivity index (χ3v) is 6.81. The molecule has 0 unspecified atom stereocenters. The lowest BCUT2D eigenvalue weighted by Crippen LogP contribution is -2.52. The minimum atomic E-state index is -3.46. The van der Waals surface area contributed by atoms with Crippen molar-refractivity contribution in [2.75, 3.05) is 45.8 Å². The number of carbonyl (C=O) groups excluding carboxylic acids is 1. The lowest BCUT2D eigenvalue weighted by molar-refractivity contribution is -0.133. The van der Waals surface area contributed by atoms with Crippen molar-refractivity contribution < 1.29 is 13.2 Å². The Kier molecular flexibility index (Phi) is 7.04. The number of amides is 1. The molecule has 0 atom stereocenters. The van der Waals surface area contributed by atoms with Crippen LogP contribution in [0.25, 0.3) is 6.08 Å². The first kappa shape index (κ1) is 20.0. The average Bonchev–Trinajstić information content (AvgIpc) is 2.96. The zero-order chi connectivity index (χ0) is 19.1. The lowest BCUT2D eigenvalue weighted by atomic mass is 10.2. The number of hydrogen-bond donors (Lipinski definition) is 0. The van der Waals surface area contributed by atoms with Gasteiger partial charge in [-0.1, -0.05) is 43.2 Å². The molecule has 3 rings (SSSR count). The fourth-order valence-corrected chi connectivity index (χ4v) is 4.77. The number of benzene rings is 1. The number of nitrogens with zero attached hydrogens (tertiary/aromatic N) is 3. The van der Waals surface area contributed by atoms with E-state index in [0.29, 0.717) is 32.7 Å². The Morgan fingerprint density at radius 1 is 0.889 bits per heavy atom. The lowest BCUT2D eigenvalue weighted by Gasteiger charge is -2.34. The van der Waals surface area contributed by atoms with E-state index in [1.807, 2.05) is 30.3 Å². The van der Waals surface area contributed by atoms with Gasteiger partial charge >= 0.3 is 0 Å². The van der Waals surface area contributed by atoms with Crippen molar-refractivity contribution in [3.8, 4) is 0 Å². The van der Waals surface area contributed by atoms with Crippen LogP contribution in [0.5, 0.6) is 0 Å². The Morgan fingerprint density at radius 3 is 2.15 bits per heavy atom. The Morgan fingerprint density at radius 2 is 1.52 bits per heavy atom. The predicted octanol–water partition coefficient (Wildman–Crippen LogP) is 2.01. The van der Waals surface area contributed by atoms with Gasteiger partial charge in [0.05, 0.1) is 6.54 Å². The quantitative estimate of drug-likeness (QED) is 0.770. The molecule has 0 bridgehead atoms. The summed E-state index contributed by atoms with van der Waals surface area (Å²) in [5, 5.41) is 1.26. The molecule has 2 aliphatic rings. The van der Waals surface area contributed by atoms with E-state index in [-0.39, 0.29) is 5.91 Å². The summed E-state index contributed by atoms with van der Waals surface area (Å²) in [5.41, 5.74) is 0.854. The topological polar surface area (TPSA) is 60.9 Å². The van der Waals surface area contributed by atoms with Gasteiger partial charge in [0.1, 0.15) is 0 Å². The van der Waals surface area contributed by atoms with Crippen LogP contribution in [-0.2, 0) is 14.8 Å². The molecule has 0 N–H and O–H groups in total. The maximum Gasteiger partial charge on any atom is 0.236 e. The fourth-order valence-electron chi connectivity index (χ4n) is 3.59. The van der Waals surface area contributed by atoms with E-state index in [9.17, 15) is 13.2 Å². The first-order valence-electron chi connectivity index (χ1n) is 9.78. The van der Waals surface area contributed by atoms with Crippen LogP contribution in [0.2, 0.25) is 0 Å². The molecule has 7 heteroatoms. The van der Waals surface area contributed by atoms with Crippen LogP contribution >= 0.6 is 0 Å². The van der Waals surface area contributed by atoms with Gasteiger partial charge in [-0.25, -0.2) is 8.42 Å². The summed E-state index contributed by atoms with van der Waals surface area (Å²) in [6.07, 6.45) is 6.43. The van der Waals surface area contributed by atoms with Crippen LogP contribution in [0.3, 0.4) is 0 Å². The highest BCUT2D eigenvalue weighted by atomic mass is 32.2. The number of carbonyl (C=O) groups is 1. The molecule has 0 aromatic heterocycles. The third kappa shape index (κ3) is 5.89. The summed E-state index contributed by atoms with van der Waals surface area (Å²) in [6.45, 7) is 4.08. The van der Waals surface area contributed by atoms with E-state index in [1.165, 1.54) is 22.6 Å². The van der Waals surface area contributed by atoms with Crippen LogP contribution in [0.4, 0.5) is 0 Å². The molecular formula is C20H29N3O3S. The summed E-state index contributed by atoms with van der Waals surface area (Å²) >= 11 is 0. The van der Waals surface area contributed by atoms with Crippen LogP contribution in [0, 0.1) is 0 Å². The largest absolute Gasteiger partial charge is 0.339 e. The average molecular weight is 392 g/mol. The molecule has 2 heterocycles. The van der Waals surface area contributed by atoms with Gasteiger partial charge in [0.15, 0.2) is 0 Å². The normalized spacial score (nSPS) is 20.7.